The van der Waals surface area contributed by atoms with Crippen LogP contribution in [0.4, 0.5) is 5.00 Å². The average molecular weight is 375 g/mol. The minimum atomic E-state index is 0.181. The first-order valence-electron chi connectivity index (χ1n) is 7.15. The molecular formula is C17H15BrN2OS. The van der Waals surface area contributed by atoms with Crippen LogP contribution in [0.5, 0.6) is 5.75 Å². The minimum Gasteiger partial charge on any atom is -0.507 e. The van der Waals surface area contributed by atoms with Gasteiger partial charge in [0.25, 0.3) is 0 Å². The van der Waals surface area contributed by atoms with Crippen LogP contribution in [0.1, 0.15) is 34.9 Å². The van der Waals surface area contributed by atoms with Gasteiger partial charge in [0.2, 0.25) is 0 Å². The van der Waals surface area contributed by atoms with Crippen molar-refractivity contribution in [2.45, 2.75) is 26.2 Å². The van der Waals surface area contributed by atoms with Crippen molar-refractivity contribution >= 4 is 38.5 Å². The van der Waals surface area contributed by atoms with Crippen LogP contribution in [0, 0.1) is 17.2 Å². The monoisotopic (exact) mass is 374 g/mol. The highest BCUT2D eigenvalue weighted by Gasteiger charge is 2.23. The van der Waals surface area contributed by atoms with Crippen LogP contribution < -0.4 is 0 Å². The summed E-state index contributed by atoms with van der Waals surface area (Å²) in [5.74, 6) is 0.851. The Morgan fingerprint density at radius 3 is 3.09 bits per heavy atom. The zero-order chi connectivity index (χ0) is 15.7. The van der Waals surface area contributed by atoms with Crippen LogP contribution in [0.25, 0.3) is 0 Å². The number of phenolic OH excluding ortho intramolecular Hbond substituents is 1. The molecule has 0 spiro atoms. The third kappa shape index (κ3) is 2.94. The van der Waals surface area contributed by atoms with Gasteiger partial charge in [0.05, 0.1) is 5.56 Å². The summed E-state index contributed by atoms with van der Waals surface area (Å²) in [6, 6.07) is 7.51. The average Bonchev–Trinajstić information content (AvgIpc) is 2.84. The van der Waals surface area contributed by atoms with Crippen LogP contribution in [-0.2, 0) is 12.8 Å². The number of aliphatic imine (C=N–C) groups is 1. The number of nitrogens with zero attached hydrogens (tertiary/aromatic N) is 2. The van der Waals surface area contributed by atoms with Crippen LogP contribution in [-0.4, -0.2) is 11.3 Å². The lowest BCUT2D eigenvalue weighted by atomic mass is 9.89. The second kappa shape index (κ2) is 6.23. The van der Waals surface area contributed by atoms with Gasteiger partial charge in [-0.2, -0.15) is 5.26 Å². The van der Waals surface area contributed by atoms with Gasteiger partial charge >= 0.3 is 0 Å². The van der Waals surface area contributed by atoms with Gasteiger partial charge in [-0.15, -0.1) is 11.3 Å². The number of phenols is 1. The second-order valence-electron chi connectivity index (χ2n) is 5.61. The molecule has 0 fully saturated rings. The molecule has 0 unspecified atom stereocenters. The molecule has 0 aliphatic heterocycles. The molecule has 1 atom stereocenters. The number of thiophene rings is 1. The van der Waals surface area contributed by atoms with Crippen molar-refractivity contribution in [3.05, 3.63) is 44.2 Å². The number of hydrogen-bond donors (Lipinski definition) is 1. The van der Waals surface area contributed by atoms with Crippen molar-refractivity contribution in [2.24, 2.45) is 10.9 Å². The normalized spacial score (nSPS) is 17.4. The molecule has 0 bridgehead atoms. The molecule has 2 aromatic rings. The maximum Gasteiger partial charge on any atom is 0.134 e. The number of hydrogen-bond acceptors (Lipinski definition) is 4. The third-order valence-corrected chi connectivity index (χ3v) is 5.57. The fourth-order valence-electron chi connectivity index (χ4n) is 2.70. The number of rotatable bonds is 2. The number of halogens is 1. The summed E-state index contributed by atoms with van der Waals surface area (Å²) in [6.07, 6.45) is 4.76. The lowest BCUT2D eigenvalue weighted by Gasteiger charge is -2.17. The van der Waals surface area contributed by atoms with Gasteiger partial charge in [-0.3, -0.25) is 0 Å². The second-order valence-corrected chi connectivity index (χ2v) is 7.60. The summed E-state index contributed by atoms with van der Waals surface area (Å²) in [5, 5.41) is 20.1. The first kappa shape index (κ1) is 15.3. The Morgan fingerprint density at radius 2 is 2.32 bits per heavy atom. The summed E-state index contributed by atoms with van der Waals surface area (Å²) < 4.78 is 0.881. The number of fused-ring (bicyclic) bond motifs is 1. The van der Waals surface area contributed by atoms with Crippen LogP contribution in [0.3, 0.4) is 0 Å². The van der Waals surface area contributed by atoms with Gasteiger partial charge in [-0.05, 0) is 48.9 Å². The molecule has 0 saturated heterocycles. The van der Waals surface area contributed by atoms with Crippen molar-refractivity contribution in [3.8, 4) is 11.8 Å². The van der Waals surface area contributed by atoms with E-state index in [-0.39, 0.29) is 5.75 Å². The number of nitriles is 1. The molecule has 0 radical (unpaired) electrons. The van der Waals surface area contributed by atoms with Crippen LogP contribution in [0.15, 0.2) is 27.7 Å². The SMILES string of the molecule is C[C@@H]1CCc2c(sc(/N=C/c3cc(Br)ccc3O)c2C#N)C1. The Hall–Kier alpha value is -1.64. The molecule has 5 heteroatoms. The van der Waals surface area contributed by atoms with E-state index in [0.717, 1.165) is 28.7 Å². The van der Waals surface area contributed by atoms with Gasteiger partial charge in [-0.1, -0.05) is 22.9 Å². The van der Waals surface area contributed by atoms with E-state index in [2.05, 4.69) is 33.9 Å². The molecule has 1 N–H and O–H groups in total. The van der Waals surface area contributed by atoms with Crippen molar-refractivity contribution < 1.29 is 5.11 Å². The maximum absolute atomic E-state index is 9.86. The van der Waals surface area contributed by atoms with E-state index < -0.39 is 0 Å². The Labute approximate surface area is 142 Å². The highest BCUT2D eigenvalue weighted by atomic mass is 79.9. The smallest absolute Gasteiger partial charge is 0.134 e. The molecule has 112 valence electrons. The predicted octanol–water partition coefficient (Wildman–Crippen LogP) is 4.96. The molecular weight excluding hydrogens is 360 g/mol. The predicted molar refractivity (Wildman–Crippen MR) is 93.3 cm³/mol. The van der Waals surface area contributed by atoms with E-state index in [1.54, 1.807) is 35.8 Å². The Morgan fingerprint density at radius 1 is 1.50 bits per heavy atom. The maximum atomic E-state index is 9.86. The molecule has 1 aromatic carbocycles. The fraction of sp³-hybridized carbons (Fsp3) is 0.294. The topological polar surface area (TPSA) is 56.4 Å². The van der Waals surface area contributed by atoms with Gasteiger partial charge in [0.15, 0.2) is 0 Å². The van der Waals surface area contributed by atoms with E-state index in [1.807, 2.05) is 0 Å². The Balaban J connectivity index is 1.97. The van der Waals surface area contributed by atoms with E-state index in [4.69, 9.17) is 0 Å². The van der Waals surface area contributed by atoms with Gasteiger partial charge in [-0.25, -0.2) is 4.99 Å². The zero-order valence-corrected chi connectivity index (χ0v) is 14.5. The molecule has 1 aliphatic rings. The third-order valence-electron chi connectivity index (χ3n) is 3.92. The number of benzene rings is 1. The summed E-state index contributed by atoms with van der Waals surface area (Å²) in [4.78, 5) is 5.76. The summed E-state index contributed by atoms with van der Waals surface area (Å²) in [7, 11) is 0. The minimum absolute atomic E-state index is 0.181. The zero-order valence-electron chi connectivity index (χ0n) is 12.1. The molecule has 3 nitrogen and oxygen atoms in total. The Bertz CT molecular complexity index is 789. The first-order valence-corrected chi connectivity index (χ1v) is 8.76. The van der Waals surface area contributed by atoms with Crippen molar-refractivity contribution in [3.63, 3.8) is 0 Å². The number of aromatic hydroxyl groups is 1. The summed E-state index contributed by atoms with van der Waals surface area (Å²) >= 11 is 4.99. The van der Waals surface area contributed by atoms with Gasteiger partial charge in [0.1, 0.15) is 16.8 Å². The van der Waals surface area contributed by atoms with E-state index in [1.165, 1.54) is 10.4 Å². The van der Waals surface area contributed by atoms with E-state index in [0.29, 0.717) is 17.0 Å². The molecule has 1 heterocycles. The first-order chi connectivity index (χ1) is 10.6. The molecule has 1 aromatic heterocycles. The van der Waals surface area contributed by atoms with Crippen LogP contribution in [0.2, 0.25) is 0 Å². The summed E-state index contributed by atoms with van der Waals surface area (Å²) in [5.41, 5.74) is 2.52. The van der Waals surface area contributed by atoms with Crippen LogP contribution >= 0.6 is 27.3 Å². The highest BCUT2D eigenvalue weighted by Crippen LogP contribution is 2.40. The molecule has 1 aliphatic carbocycles. The van der Waals surface area contributed by atoms with Crippen molar-refractivity contribution in [1.82, 2.24) is 0 Å². The molecule has 22 heavy (non-hydrogen) atoms. The van der Waals surface area contributed by atoms with E-state index >= 15 is 0 Å². The van der Waals surface area contributed by atoms with Gasteiger partial charge in [0, 0.05) is 21.1 Å². The standard InChI is InChI=1S/C17H15BrN2OS/c1-10-2-4-13-14(8-19)17(22-16(13)6-10)20-9-11-7-12(18)3-5-15(11)21/h3,5,7,9-10,21H,2,4,6H2,1H3/b20-9+/t10-/m1/s1. The lowest BCUT2D eigenvalue weighted by Crippen LogP contribution is -2.09. The molecule has 0 saturated carbocycles. The molecule has 0 amide bonds. The van der Waals surface area contributed by atoms with E-state index in [9.17, 15) is 10.4 Å². The molecule has 3 rings (SSSR count). The van der Waals surface area contributed by atoms with Gasteiger partial charge < -0.3 is 5.11 Å². The van der Waals surface area contributed by atoms with Crippen molar-refractivity contribution in [1.29, 1.82) is 5.26 Å². The fourth-order valence-corrected chi connectivity index (χ4v) is 4.38. The quantitative estimate of drug-likeness (QED) is 0.754. The Kier molecular flexibility index (Phi) is 4.32. The highest BCUT2D eigenvalue weighted by molar-refractivity contribution is 9.10. The van der Waals surface area contributed by atoms with Crippen molar-refractivity contribution in [2.75, 3.05) is 0 Å². The summed E-state index contributed by atoms with van der Waals surface area (Å²) in [6.45, 7) is 2.25. The largest absolute Gasteiger partial charge is 0.507 e. The lowest BCUT2D eigenvalue weighted by molar-refractivity contribution is 0.474.